The van der Waals surface area contributed by atoms with Crippen LogP contribution in [0.2, 0.25) is 0 Å². The van der Waals surface area contributed by atoms with Crippen molar-refractivity contribution in [2.75, 3.05) is 6.54 Å². The molecule has 0 saturated carbocycles. The van der Waals surface area contributed by atoms with E-state index in [0.29, 0.717) is 6.54 Å². The highest BCUT2D eigenvalue weighted by Gasteiger charge is 2.22. The van der Waals surface area contributed by atoms with Gasteiger partial charge >= 0.3 is 0 Å². The Kier molecular flexibility index (Phi) is 3.27. The topological polar surface area (TPSA) is 26.0 Å². The fraction of sp³-hybridized carbons (Fsp3) is 0.500. The molecule has 0 saturated heterocycles. The van der Waals surface area contributed by atoms with Crippen LogP contribution in [0, 0.1) is 12.7 Å². The average molecular weight is 195 g/mol. The zero-order chi connectivity index (χ0) is 10.8. The van der Waals surface area contributed by atoms with E-state index in [0.717, 1.165) is 17.5 Å². The monoisotopic (exact) mass is 195 g/mol. The highest BCUT2D eigenvalue weighted by molar-refractivity contribution is 5.33. The summed E-state index contributed by atoms with van der Waals surface area (Å²) < 4.78 is 13.3. The van der Waals surface area contributed by atoms with Gasteiger partial charge in [0.25, 0.3) is 0 Å². The van der Waals surface area contributed by atoms with Crippen LogP contribution in [-0.2, 0) is 5.41 Å². The molecule has 2 heteroatoms. The van der Waals surface area contributed by atoms with Gasteiger partial charge in [-0.2, -0.15) is 0 Å². The minimum absolute atomic E-state index is 0.0407. The van der Waals surface area contributed by atoms with Crippen LogP contribution in [0.25, 0.3) is 0 Å². The van der Waals surface area contributed by atoms with E-state index in [1.54, 1.807) is 6.07 Å². The number of benzene rings is 1. The molecule has 0 amide bonds. The van der Waals surface area contributed by atoms with E-state index < -0.39 is 0 Å². The summed E-state index contributed by atoms with van der Waals surface area (Å²) in [5.74, 6) is -0.132. The van der Waals surface area contributed by atoms with Crippen LogP contribution in [0.15, 0.2) is 18.2 Å². The molecule has 1 rings (SSSR count). The largest absolute Gasteiger partial charge is 0.330 e. The number of halogens is 1. The Morgan fingerprint density at radius 1 is 1.36 bits per heavy atom. The van der Waals surface area contributed by atoms with E-state index in [1.165, 1.54) is 6.07 Å². The average Bonchev–Trinajstić information content (AvgIpc) is 2.09. The molecular formula is C12H18FN. The third-order valence-corrected chi connectivity index (χ3v) is 2.77. The maximum Gasteiger partial charge on any atom is 0.126 e. The van der Waals surface area contributed by atoms with Gasteiger partial charge in [0.15, 0.2) is 0 Å². The van der Waals surface area contributed by atoms with Crippen molar-refractivity contribution in [3.05, 3.63) is 35.1 Å². The van der Waals surface area contributed by atoms with Crippen LogP contribution < -0.4 is 5.73 Å². The first-order chi connectivity index (χ1) is 6.49. The second-order valence-corrected chi connectivity index (χ2v) is 4.33. The standard InChI is InChI=1S/C12H18FN/c1-9-10(5-4-6-11(9)13)12(2,3)7-8-14/h4-6H,7-8,14H2,1-3H3. The predicted octanol–water partition coefficient (Wildman–Crippen LogP) is 2.76. The second-order valence-electron chi connectivity index (χ2n) is 4.33. The van der Waals surface area contributed by atoms with Crippen molar-refractivity contribution in [1.29, 1.82) is 0 Å². The van der Waals surface area contributed by atoms with Gasteiger partial charge in [-0.1, -0.05) is 26.0 Å². The molecule has 1 aromatic carbocycles. The Morgan fingerprint density at radius 2 is 2.00 bits per heavy atom. The van der Waals surface area contributed by atoms with E-state index in [1.807, 2.05) is 13.0 Å². The van der Waals surface area contributed by atoms with E-state index in [4.69, 9.17) is 5.73 Å². The fourth-order valence-corrected chi connectivity index (χ4v) is 1.84. The summed E-state index contributed by atoms with van der Waals surface area (Å²) in [5, 5.41) is 0. The third-order valence-electron chi connectivity index (χ3n) is 2.77. The zero-order valence-corrected chi connectivity index (χ0v) is 9.10. The minimum Gasteiger partial charge on any atom is -0.330 e. The lowest BCUT2D eigenvalue weighted by Crippen LogP contribution is -2.23. The lowest BCUT2D eigenvalue weighted by Gasteiger charge is -2.26. The lowest BCUT2D eigenvalue weighted by atomic mass is 9.79. The highest BCUT2D eigenvalue weighted by Crippen LogP contribution is 2.29. The predicted molar refractivity (Wildman–Crippen MR) is 57.8 cm³/mol. The SMILES string of the molecule is Cc1c(F)cccc1C(C)(C)CCN. The number of hydrogen-bond donors (Lipinski definition) is 1. The van der Waals surface area contributed by atoms with Gasteiger partial charge in [0.1, 0.15) is 5.82 Å². The third kappa shape index (κ3) is 2.13. The first kappa shape index (κ1) is 11.2. The van der Waals surface area contributed by atoms with E-state index in [-0.39, 0.29) is 11.2 Å². The van der Waals surface area contributed by atoms with E-state index >= 15 is 0 Å². The first-order valence-corrected chi connectivity index (χ1v) is 4.94. The quantitative estimate of drug-likeness (QED) is 0.788. The summed E-state index contributed by atoms with van der Waals surface area (Å²) in [4.78, 5) is 0. The summed E-state index contributed by atoms with van der Waals surface area (Å²) in [6.07, 6.45) is 0.872. The zero-order valence-electron chi connectivity index (χ0n) is 9.10. The summed E-state index contributed by atoms with van der Waals surface area (Å²) in [7, 11) is 0. The molecule has 0 atom stereocenters. The summed E-state index contributed by atoms with van der Waals surface area (Å²) in [6, 6.07) is 5.24. The Bertz CT molecular complexity index is 318. The van der Waals surface area contributed by atoms with Gasteiger partial charge in [0.2, 0.25) is 0 Å². The normalized spacial score (nSPS) is 11.8. The van der Waals surface area contributed by atoms with Gasteiger partial charge in [0.05, 0.1) is 0 Å². The molecule has 0 aliphatic rings. The highest BCUT2D eigenvalue weighted by atomic mass is 19.1. The molecule has 0 radical (unpaired) electrons. The van der Waals surface area contributed by atoms with Gasteiger partial charge in [-0.05, 0) is 42.5 Å². The maximum atomic E-state index is 13.3. The van der Waals surface area contributed by atoms with Crippen molar-refractivity contribution >= 4 is 0 Å². The molecule has 0 aliphatic carbocycles. The van der Waals surface area contributed by atoms with Crippen LogP contribution in [0.5, 0.6) is 0 Å². The number of nitrogens with two attached hydrogens (primary N) is 1. The molecule has 14 heavy (non-hydrogen) atoms. The van der Waals surface area contributed by atoms with Gasteiger partial charge in [-0.3, -0.25) is 0 Å². The van der Waals surface area contributed by atoms with Crippen LogP contribution in [0.1, 0.15) is 31.4 Å². The van der Waals surface area contributed by atoms with Crippen molar-refractivity contribution in [2.24, 2.45) is 5.73 Å². The Balaban J connectivity index is 3.12. The second kappa shape index (κ2) is 4.09. The van der Waals surface area contributed by atoms with Gasteiger partial charge in [-0.25, -0.2) is 4.39 Å². The molecule has 0 unspecified atom stereocenters. The molecular weight excluding hydrogens is 177 g/mol. The van der Waals surface area contributed by atoms with E-state index in [9.17, 15) is 4.39 Å². The van der Waals surface area contributed by atoms with Crippen molar-refractivity contribution < 1.29 is 4.39 Å². The molecule has 2 N–H and O–H groups in total. The Hall–Kier alpha value is -0.890. The Labute approximate surface area is 85.1 Å². The van der Waals surface area contributed by atoms with E-state index in [2.05, 4.69) is 13.8 Å². The van der Waals surface area contributed by atoms with Crippen LogP contribution >= 0.6 is 0 Å². The molecule has 1 aromatic rings. The number of hydrogen-bond acceptors (Lipinski definition) is 1. The molecule has 0 aliphatic heterocycles. The Morgan fingerprint density at radius 3 is 2.57 bits per heavy atom. The van der Waals surface area contributed by atoms with Gasteiger partial charge < -0.3 is 5.73 Å². The molecule has 1 nitrogen and oxygen atoms in total. The van der Waals surface area contributed by atoms with Crippen molar-refractivity contribution in [3.8, 4) is 0 Å². The molecule has 78 valence electrons. The fourth-order valence-electron chi connectivity index (χ4n) is 1.84. The van der Waals surface area contributed by atoms with Crippen molar-refractivity contribution in [2.45, 2.75) is 32.6 Å². The van der Waals surface area contributed by atoms with Crippen LogP contribution in [-0.4, -0.2) is 6.54 Å². The van der Waals surface area contributed by atoms with Gasteiger partial charge in [-0.15, -0.1) is 0 Å². The summed E-state index contributed by atoms with van der Waals surface area (Å²) >= 11 is 0. The molecule has 0 spiro atoms. The van der Waals surface area contributed by atoms with Crippen molar-refractivity contribution in [1.82, 2.24) is 0 Å². The lowest BCUT2D eigenvalue weighted by molar-refractivity contribution is 0.479. The summed E-state index contributed by atoms with van der Waals surface area (Å²) in [5.41, 5.74) is 7.31. The van der Waals surface area contributed by atoms with Crippen molar-refractivity contribution in [3.63, 3.8) is 0 Å². The molecule has 0 bridgehead atoms. The van der Waals surface area contributed by atoms with Crippen LogP contribution in [0.3, 0.4) is 0 Å². The maximum absolute atomic E-state index is 13.3. The molecule has 0 aromatic heterocycles. The molecule has 0 fully saturated rings. The summed E-state index contributed by atoms with van der Waals surface area (Å²) in [6.45, 7) is 6.65. The van der Waals surface area contributed by atoms with Crippen LogP contribution in [0.4, 0.5) is 4.39 Å². The minimum atomic E-state index is -0.132. The smallest absolute Gasteiger partial charge is 0.126 e. The van der Waals surface area contributed by atoms with Gasteiger partial charge in [0, 0.05) is 0 Å². The number of rotatable bonds is 3. The molecule has 0 heterocycles. The first-order valence-electron chi connectivity index (χ1n) is 4.94.